The summed E-state index contributed by atoms with van der Waals surface area (Å²) in [5.74, 6) is -0.655. The summed E-state index contributed by atoms with van der Waals surface area (Å²) in [6, 6.07) is 0.839. The van der Waals surface area contributed by atoms with E-state index in [1.54, 1.807) is 0 Å². The molecule has 0 amide bonds. The summed E-state index contributed by atoms with van der Waals surface area (Å²) in [6.07, 6.45) is -3.70. The van der Waals surface area contributed by atoms with Gasteiger partial charge in [-0.25, -0.2) is 4.39 Å². The lowest BCUT2D eigenvalue weighted by atomic mass is 10.4. The molecule has 9 heteroatoms. The summed E-state index contributed by atoms with van der Waals surface area (Å²) in [4.78, 5) is 0. The van der Waals surface area contributed by atoms with Crippen molar-refractivity contribution in [3.8, 4) is 5.75 Å². The predicted octanol–water partition coefficient (Wildman–Crippen LogP) is 3.13. The van der Waals surface area contributed by atoms with Crippen LogP contribution in [0.5, 0.6) is 5.75 Å². The number of pyridine rings is 1. The zero-order valence-corrected chi connectivity index (χ0v) is 9.53. The Morgan fingerprint density at radius 2 is 2.00 bits per heavy atom. The molecule has 3 nitrogen and oxygen atoms in total. The topological polar surface area (TPSA) is 36.2 Å². The Morgan fingerprint density at radius 1 is 1.44 bits per heavy atom. The van der Waals surface area contributed by atoms with E-state index in [0.29, 0.717) is 6.20 Å². The van der Waals surface area contributed by atoms with Gasteiger partial charge in [0.1, 0.15) is 5.02 Å². The Hall–Kier alpha value is -0.590. The van der Waals surface area contributed by atoms with Crippen LogP contribution in [-0.4, -0.2) is 11.7 Å². The molecular formula is C7H3Cl3F3NO2. The highest BCUT2D eigenvalue weighted by Crippen LogP contribution is 2.30. The minimum atomic E-state index is -4.27. The third kappa shape index (κ3) is 2.96. The van der Waals surface area contributed by atoms with Crippen molar-refractivity contribution < 1.29 is 22.6 Å². The van der Waals surface area contributed by atoms with Crippen LogP contribution in [0.1, 0.15) is 0 Å². The smallest absolute Gasteiger partial charge is 0.444 e. The van der Waals surface area contributed by atoms with Gasteiger partial charge >= 0.3 is 11.3 Å². The summed E-state index contributed by atoms with van der Waals surface area (Å²) < 4.78 is 41.4. The molecule has 16 heavy (non-hydrogen) atoms. The van der Waals surface area contributed by atoms with E-state index < -0.39 is 22.6 Å². The standard InChI is InChI=1S/C7H3Cl3F3NO2/c8-4-1-3(2-14(15)5(4)9)16-7(12,13)6(10)11/h1-2,6H. The Balaban J connectivity index is 2.99. The predicted molar refractivity (Wildman–Crippen MR) is 51.7 cm³/mol. The van der Waals surface area contributed by atoms with Crippen LogP contribution in [0.2, 0.25) is 10.2 Å². The minimum Gasteiger partial charge on any atom is -0.617 e. The van der Waals surface area contributed by atoms with Crippen LogP contribution in [0, 0.1) is 5.21 Å². The maximum absolute atomic E-state index is 12.7. The van der Waals surface area contributed by atoms with Gasteiger partial charge in [0, 0.05) is 6.07 Å². The van der Waals surface area contributed by atoms with E-state index in [9.17, 15) is 18.4 Å². The number of aromatic nitrogens is 1. The van der Waals surface area contributed by atoms with Gasteiger partial charge in [0.15, 0.2) is 5.75 Å². The molecule has 0 saturated heterocycles. The third-order valence-corrected chi connectivity index (χ3v) is 2.42. The van der Waals surface area contributed by atoms with Crippen LogP contribution >= 0.6 is 34.8 Å². The second-order valence-electron chi connectivity index (χ2n) is 2.60. The molecule has 1 unspecified atom stereocenters. The molecule has 1 aromatic rings. The number of hydrogen-bond donors (Lipinski definition) is 0. The monoisotopic (exact) mass is 295 g/mol. The van der Waals surface area contributed by atoms with Crippen LogP contribution in [0.25, 0.3) is 0 Å². The van der Waals surface area contributed by atoms with Gasteiger partial charge in [-0.1, -0.05) is 23.2 Å². The first-order chi connectivity index (χ1) is 7.24. The molecule has 1 heterocycles. The van der Waals surface area contributed by atoms with Crippen LogP contribution in [0.3, 0.4) is 0 Å². The van der Waals surface area contributed by atoms with Gasteiger partial charge in [-0.05, 0) is 11.6 Å². The van der Waals surface area contributed by atoms with E-state index in [2.05, 4.69) is 16.3 Å². The molecule has 0 aliphatic carbocycles. The summed E-state index contributed by atoms with van der Waals surface area (Å²) in [5.41, 5.74) is -3.05. The zero-order chi connectivity index (χ0) is 12.5. The zero-order valence-electron chi connectivity index (χ0n) is 7.26. The maximum Gasteiger partial charge on any atom is 0.444 e. The third-order valence-electron chi connectivity index (χ3n) is 1.41. The molecule has 0 aliphatic heterocycles. The van der Waals surface area contributed by atoms with Gasteiger partial charge in [0.25, 0.3) is 5.63 Å². The molecule has 0 fully saturated rings. The van der Waals surface area contributed by atoms with Crippen LogP contribution < -0.4 is 9.47 Å². The largest absolute Gasteiger partial charge is 0.617 e. The van der Waals surface area contributed by atoms with Crippen molar-refractivity contribution in [3.05, 3.63) is 27.6 Å². The van der Waals surface area contributed by atoms with Crippen molar-refractivity contribution >= 4 is 34.8 Å². The van der Waals surface area contributed by atoms with Crippen LogP contribution in [-0.2, 0) is 0 Å². The lowest BCUT2D eigenvalue weighted by Gasteiger charge is -2.17. The van der Waals surface area contributed by atoms with E-state index in [1.807, 2.05) is 0 Å². The van der Waals surface area contributed by atoms with Crippen LogP contribution in [0.15, 0.2) is 12.3 Å². The first kappa shape index (κ1) is 13.5. The number of halogens is 6. The van der Waals surface area contributed by atoms with Gasteiger partial charge in [-0.3, -0.25) is 0 Å². The fraction of sp³-hybridized carbons (Fsp3) is 0.286. The summed E-state index contributed by atoms with van der Waals surface area (Å²) in [6.45, 7) is 0. The first-order valence-corrected chi connectivity index (χ1v) is 4.86. The van der Waals surface area contributed by atoms with Crippen molar-refractivity contribution in [1.82, 2.24) is 0 Å². The Bertz CT molecular complexity index is 379. The minimum absolute atomic E-state index is 0.00320. The van der Waals surface area contributed by atoms with Crippen molar-refractivity contribution in [1.29, 1.82) is 0 Å². The molecule has 1 rings (SSSR count). The second-order valence-corrected chi connectivity index (χ2v) is 3.75. The Kier molecular flexibility index (Phi) is 3.98. The average molecular weight is 296 g/mol. The van der Waals surface area contributed by atoms with Gasteiger partial charge < -0.3 is 9.94 Å². The van der Waals surface area contributed by atoms with Crippen molar-refractivity contribution in [2.75, 3.05) is 0 Å². The van der Waals surface area contributed by atoms with Crippen molar-refractivity contribution in [3.63, 3.8) is 0 Å². The number of hydrogen-bond acceptors (Lipinski definition) is 2. The van der Waals surface area contributed by atoms with Gasteiger partial charge in [-0.2, -0.15) is 13.5 Å². The van der Waals surface area contributed by atoms with E-state index in [-0.39, 0.29) is 9.75 Å². The quantitative estimate of drug-likeness (QED) is 0.372. The molecule has 0 radical (unpaired) electrons. The molecular weight excluding hydrogens is 293 g/mol. The van der Waals surface area contributed by atoms with Gasteiger partial charge in [-0.15, -0.1) is 0 Å². The highest BCUT2D eigenvalue weighted by atomic mass is 35.5. The molecule has 1 atom stereocenters. The van der Waals surface area contributed by atoms with Crippen LogP contribution in [0.4, 0.5) is 13.2 Å². The Morgan fingerprint density at radius 3 is 2.44 bits per heavy atom. The van der Waals surface area contributed by atoms with E-state index in [0.717, 1.165) is 6.07 Å². The highest BCUT2D eigenvalue weighted by molar-refractivity contribution is 6.40. The number of alkyl halides is 4. The van der Waals surface area contributed by atoms with Gasteiger partial charge in [0.2, 0.25) is 6.20 Å². The molecule has 1 aromatic heterocycles. The lowest BCUT2D eigenvalue weighted by molar-refractivity contribution is -0.603. The highest BCUT2D eigenvalue weighted by Gasteiger charge is 2.42. The van der Waals surface area contributed by atoms with E-state index >= 15 is 0 Å². The summed E-state index contributed by atoms with van der Waals surface area (Å²) in [5, 5.41) is 10.2. The fourth-order valence-corrected chi connectivity index (χ4v) is 1.10. The summed E-state index contributed by atoms with van der Waals surface area (Å²) >= 11 is 15.3. The Labute approximate surface area is 103 Å². The number of ether oxygens (including phenoxy) is 1. The van der Waals surface area contributed by atoms with Crippen molar-refractivity contribution in [2.45, 2.75) is 11.7 Å². The second kappa shape index (κ2) is 4.73. The van der Waals surface area contributed by atoms with E-state index in [1.165, 1.54) is 0 Å². The van der Waals surface area contributed by atoms with Crippen molar-refractivity contribution in [2.24, 2.45) is 0 Å². The number of nitrogens with zero attached hydrogens (tertiary/aromatic N) is 1. The van der Waals surface area contributed by atoms with E-state index in [4.69, 9.17) is 23.2 Å². The fourth-order valence-electron chi connectivity index (χ4n) is 0.757. The molecule has 0 N–H and O–H groups in total. The SMILES string of the molecule is [O-][n+]1cc(OC(F)(F)C(F)Cl)cc(Cl)c1Cl. The molecule has 0 aromatic carbocycles. The van der Waals surface area contributed by atoms with Gasteiger partial charge in [0.05, 0.1) is 0 Å². The first-order valence-electron chi connectivity index (χ1n) is 3.67. The molecule has 90 valence electrons. The number of rotatable bonds is 3. The normalized spacial score (nSPS) is 13.6. The average Bonchev–Trinajstić information content (AvgIpc) is 2.13. The lowest BCUT2D eigenvalue weighted by Crippen LogP contribution is -2.34. The molecule has 0 saturated carbocycles. The maximum atomic E-state index is 12.7. The molecule has 0 bridgehead atoms. The summed E-state index contributed by atoms with van der Waals surface area (Å²) in [7, 11) is 0. The molecule has 0 spiro atoms. The molecule has 0 aliphatic rings.